The van der Waals surface area contributed by atoms with Crippen molar-refractivity contribution in [2.75, 3.05) is 5.43 Å². The molecule has 0 radical (unpaired) electrons. The summed E-state index contributed by atoms with van der Waals surface area (Å²) in [5, 5.41) is 4.03. The quantitative estimate of drug-likeness (QED) is 0.583. The first-order chi connectivity index (χ1) is 8.58. The summed E-state index contributed by atoms with van der Waals surface area (Å²) in [6.07, 6.45) is 1.62. The highest BCUT2D eigenvalue weighted by Gasteiger charge is 2.05. The van der Waals surface area contributed by atoms with Gasteiger partial charge >= 0.3 is 0 Å². The third kappa shape index (κ3) is 2.69. The molecule has 0 saturated heterocycles. The third-order valence-electron chi connectivity index (χ3n) is 2.35. The van der Waals surface area contributed by atoms with Crippen molar-refractivity contribution in [1.29, 1.82) is 0 Å². The maximum absolute atomic E-state index is 11.7. The zero-order valence-corrected chi connectivity index (χ0v) is 10.2. The Morgan fingerprint density at radius 3 is 2.78 bits per heavy atom. The minimum Gasteiger partial charge on any atom is -0.308 e. The lowest BCUT2D eigenvalue weighted by Crippen LogP contribution is -2.24. The predicted octanol–water partition coefficient (Wildman–Crippen LogP) is -0.0160. The first-order valence-electron chi connectivity index (χ1n) is 5.43. The predicted molar refractivity (Wildman–Crippen MR) is 66.9 cm³/mol. The van der Waals surface area contributed by atoms with Gasteiger partial charge in [-0.1, -0.05) is 0 Å². The molecular formula is C11H14N6O. The second-order valence-electron chi connectivity index (χ2n) is 3.98. The highest BCUT2D eigenvalue weighted by atomic mass is 16.1. The molecule has 0 aliphatic rings. The molecular weight excluding hydrogens is 232 g/mol. The lowest BCUT2D eigenvalue weighted by molar-refractivity contribution is 0.610. The zero-order valence-electron chi connectivity index (χ0n) is 10.2. The van der Waals surface area contributed by atoms with Gasteiger partial charge in [0.05, 0.1) is 6.20 Å². The molecule has 18 heavy (non-hydrogen) atoms. The number of nitrogens with two attached hydrogens (primary N) is 1. The van der Waals surface area contributed by atoms with Gasteiger partial charge in [0.1, 0.15) is 12.4 Å². The van der Waals surface area contributed by atoms with Gasteiger partial charge in [0.25, 0.3) is 5.56 Å². The van der Waals surface area contributed by atoms with Crippen LogP contribution in [0.2, 0.25) is 0 Å². The van der Waals surface area contributed by atoms with Gasteiger partial charge in [-0.2, -0.15) is 5.10 Å². The van der Waals surface area contributed by atoms with E-state index in [2.05, 4.69) is 20.5 Å². The molecule has 2 aromatic rings. The smallest absolute Gasteiger partial charge is 0.267 e. The van der Waals surface area contributed by atoms with Crippen LogP contribution < -0.4 is 16.8 Å². The van der Waals surface area contributed by atoms with Crippen molar-refractivity contribution < 1.29 is 0 Å². The molecule has 7 nitrogen and oxygen atoms in total. The number of anilines is 1. The standard InChI is InChI=1S/C11H14N6O/c1-7-3-11(18)17(13-5-7)6-10-14-8(2)4-9(15-10)16-12/h3-5H,6,12H2,1-2H3,(H,14,15,16). The highest BCUT2D eigenvalue weighted by Crippen LogP contribution is 2.04. The number of nitrogens with zero attached hydrogens (tertiary/aromatic N) is 4. The van der Waals surface area contributed by atoms with Gasteiger partial charge in [-0.05, 0) is 19.4 Å². The maximum atomic E-state index is 11.7. The summed E-state index contributed by atoms with van der Waals surface area (Å²) in [5.41, 5.74) is 3.88. The summed E-state index contributed by atoms with van der Waals surface area (Å²) in [6, 6.07) is 3.24. The summed E-state index contributed by atoms with van der Waals surface area (Å²) >= 11 is 0. The Morgan fingerprint density at radius 1 is 1.33 bits per heavy atom. The fourth-order valence-electron chi connectivity index (χ4n) is 1.55. The largest absolute Gasteiger partial charge is 0.308 e. The van der Waals surface area contributed by atoms with E-state index in [1.807, 2.05) is 13.8 Å². The van der Waals surface area contributed by atoms with Crippen LogP contribution in [0.5, 0.6) is 0 Å². The Bertz CT molecular complexity index is 621. The molecule has 3 N–H and O–H groups in total. The molecule has 0 bridgehead atoms. The van der Waals surface area contributed by atoms with Crippen LogP contribution in [0.4, 0.5) is 5.82 Å². The summed E-state index contributed by atoms with van der Waals surface area (Å²) in [5.74, 6) is 6.31. The van der Waals surface area contributed by atoms with E-state index in [1.165, 1.54) is 10.7 Å². The third-order valence-corrected chi connectivity index (χ3v) is 2.35. The first kappa shape index (κ1) is 12.2. The Hall–Kier alpha value is -2.28. The molecule has 0 amide bonds. The summed E-state index contributed by atoms with van der Waals surface area (Å²) < 4.78 is 1.31. The van der Waals surface area contributed by atoms with E-state index >= 15 is 0 Å². The van der Waals surface area contributed by atoms with Crippen LogP contribution >= 0.6 is 0 Å². The molecule has 0 spiro atoms. The van der Waals surface area contributed by atoms with Crippen LogP contribution in [0.25, 0.3) is 0 Å². The Morgan fingerprint density at radius 2 is 2.11 bits per heavy atom. The SMILES string of the molecule is Cc1cnn(Cc2nc(C)cc(NN)n2)c(=O)c1. The van der Waals surface area contributed by atoms with Crippen LogP contribution in [0.15, 0.2) is 23.1 Å². The van der Waals surface area contributed by atoms with E-state index < -0.39 is 0 Å². The van der Waals surface area contributed by atoms with E-state index in [0.717, 1.165) is 11.3 Å². The van der Waals surface area contributed by atoms with Crippen molar-refractivity contribution in [2.24, 2.45) is 5.84 Å². The number of aryl methyl sites for hydroxylation is 2. The second-order valence-corrected chi connectivity index (χ2v) is 3.98. The monoisotopic (exact) mass is 246 g/mol. The van der Waals surface area contributed by atoms with E-state index in [0.29, 0.717) is 11.6 Å². The maximum Gasteiger partial charge on any atom is 0.267 e. The molecule has 0 saturated carbocycles. The molecule has 0 atom stereocenters. The van der Waals surface area contributed by atoms with Crippen LogP contribution in [-0.4, -0.2) is 19.7 Å². The normalized spacial score (nSPS) is 10.4. The number of aromatic nitrogens is 4. The zero-order chi connectivity index (χ0) is 13.1. The van der Waals surface area contributed by atoms with Crippen molar-refractivity contribution >= 4 is 5.82 Å². The van der Waals surface area contributed by atoms with Gasteiger partial charge in [0.15, 0.2) is 5.82 Å². The summed E-state index contributed by atoms with van der Waals surface area (Å²) in [6.45, 7) is 3.87. The first-order valence-corrected chi connectivity index (χ1v) is 5.43. The molecule has 0 aliphatic heterocycles. The molecule has 0 unspecified atom stereocenters. The molecule has 7 heteroatoms. The Labute approximate surface area is 104 Å². The van der Waals surface area contributed by atoms with Crippen molar-refractivity contribution in [3.63, 3.8) is 0 Å². The van der Waals surface area contributed by atoms with Crippen LogP contribution in [0, 0.1) is 13.8 Å². The minimum atomic E-state index is -0.178. The van der Waals surface area contributed by atoms with Crippen LogP contribution in [0.1, 0.15) is 17.1 Å². The average molecular weight is 246 g/mol. The fraction of sp³-hybridized carbons (Fsp3) is 0.273. The van der Waals surface area contributed by atoms with Gasteiger partial charge in [-0.15, -0.1) is 0 Å². The van der Waals surface area contributed by atoms with Crippen molar-refractivity contribution in [2.45, 2.75) is 20.4 Å². The van der Waals surface area contributed by atoms with Gasteiger partial charge in [0.2, 0.25) is 0 Å². The molecule has 2 heterocycles. The van der Waals surface area contributed by atoms with Gasteiger partial charge < -0.3 is 5.43 Å². The van der Waals surface area contributed by atoms with Crippen LogP contribution in [0.3, 0.4) is 0 Å². The number of nitrogens with one attached hydrogen (secondary N) is 1. The minimum absolute atomic E-state index is 0.178. The number of hydrogen-bond acceptors (Lipinski definition) is 6. The number of rotatable bonds is 3. The van der Waals surface area contributed by atoms with Crippen molar-refractivity contribution in [3.8, 4) is 0 Å². The van der Waals surface area contributed by atoms with Crippen molar-refractivity contribution in [3.05, 3.63) is 45.8 Å². The Kier molecular flexibility index (Phi) is 3.33. The molecule has 94 valence electrons. The summed E-state index contributed by atoms with van der Waals surface area (Å²) in [7, 11) is 0. The number of hydrazine groups is 1. The van der Waals surface area contributed by atoms with E-state index in [1.54, 1.807) is 12.3 Å². The lowest BCUT2D eigenvalue weighted by atomic mass is 10.3. The van der Waals surface area contributed by atoms with Gasteiger partial charge in [-0.25, -0.2) is 20.5 Å². The molecule has 2 rings (SSSR count). The molecule has 2 aromatic heterocycles. The van der Waals surface area contributed by atoms with E-state index in [-0.39, 0.29) is 12.1 Å². The second kappa shape index (κ2) is 4.92. The number of nitrogen functional groups attached to an aromatic ring is 1. The van der Waals surface area contributed by atoms with Gasteiger partial charge in [-0.3, -0.25) is 4.79 Å². The van der Waals surface area contributed by atoms with E-state index in [9.17, 15) is 4.79 Å². The molecule has 0 fully saturated rings. The van der Waals surface area contributed by atoms with Crippen molar-refractivity contribution in [1.82, 2.24) is 19.7 Å². The Balaban J connectivity index is 2.33. The summed E-state index contributed by atoms with van der Waals surface area (Å²) in [4.78, 5) is 20.1. The van der Waals surface area contributed by atoms with E-state index in [4.69, 9.17) is 5.84 Å². The topological polar surface area (TPSA) is 98.7 Å². The lowest BCUT2D eigenvalue weighted by Gasteiger charge is -2.06. The molecule has 0 aromatic carbocycles. The highest BCUT2D eigenvalue weighted by molar-refractivity contribution is 5.33. The van der Waals surface area contributed by atoms with Crippen LogP contribution in [-0.2, 0) is 6.54 Å². The molecule has 0 aliphatic carbocycles. The number of hydrogen-bond donors (Lipinski definition) is 2. The average Bonchev–Trinajstić information content (AvgIpc) is 2.32. The fourth-order valence-corrected chi connectivity index (χ4v) is 1.55. The van der Waals surface area contributed by atoms with Gasteiger partial charge in [0, 0.05) is 17.8 Å².